The molecule has 0 spiro atoms. The molecule has 3 aromatic rings. The fraction of sp³-hybridized carbons (Fsp3) is 0.429. The maximum absolute atomic E-state index is 13.9. The van der Waals surface area contributed by atoms with E-state index in [1.165, 1.54) is 10.9 Å². The van der Waals surface area contributed by atoms with Gasteiger partial charge in [0.15, 0.2) is 0 Å². The van der Waals surface area contributed by atoms with Gasteiger partial charge in [-0.2, -0.15) is 0 Å². The van der Waals surface area contributed by atoms with Crippen LogP contribution in [0.25, 0.3) is 10.9 Å². The molecule has 2 aromatic carbocycles. The molecule has 2 aliphatic heterocycles. The number of fused-ring (bicyclic) bond motifs is 4. The summed E-state index contributed by atoms with van der Waals surface area (Å²) in [5, 5.41) is 1.18. The molecule has 0 saturated carbocycles. The molecular weight excluding hydrogens is 426 g/mol. The lowest BCUT2D eigenvalue weighted by molar-refractivity contribution is -0.162. The minimum atomic E-state index is -0.628. The maximum atomic E-state index is 13.9. The molecule has 0 bridgehead atoms. The van der Waals surface area contributed by atoms with Crippen molar-refractivity contribution in [2.75, 3.05) is 0 Å². The van der Waals surface area contributed by atoms with Crippen molar-refractivity contribution in [3.63, 3.8) is 0 Å². The number of H-pyrrole nitrogens is 1. The van der Waals surface area contributed by atoms with Crippen molar-refractivity contribution in [3.8, 4) is 0 Å². The van der Waals surface area contributed by atoms with E-state index in [1.807, 2.05) is 54.3 Å². The fourth-order valence-electron chi connectivity index (χ4n) is 5.68. The van der Waals surface area contributed by atoms with Crippen molar-refractivity contribution in [1.29, 1.82) is 0 Å². The number of aromatic amines is 1. The number of esters is 1. The van der Waals surface area contributed by atoms with Crippen molar-refractivity contribution < 1.29 is 14.3 Å². The molecule has 6 nitrogen and oxygen atoms in total. The zero-order valence-corrected chi connectivity index (χ0v) is 20.4. The Morgan fingerprint density at radius 3 is 2.59 bits per heavy atom. The second-order valence-electron chi connectivity index (χ2n) is 10.1. The van der Waals surface area contributed by atoms with Crippen LogP contribution in [-0.4, -0.2) is 44.4 Å². The molecule has 3 atom stereocenters. The normalized spacial score (nSPS) is 21.2. The molecule has 1 fully saturated rings. The van der Waals surface area contributed by atoms with E-state index in [2.05, 4.69) is 42.8 Å². The standard InChI is InChI=1S/C28H33N3O3/c1-5-18(2)25(27(33)34-17-19-11-7-6-8-12-19)31-26(32)24-15-21-20-13-9-10-14-22(20)29-23(21)16-30(24)28(31,3)4/h6-14,18,24-25,29H,5,15-17H2,1-4H3/t18?,24-,25-/m0/s1. The Morgan fingerprint density at radius 1 is 1.15 bits per heavy atom. The summed E-state index contributed by atoms with van der Waals surface area (Å²) in [5.74, 6) is -0.335. The molecular formula is C28H33N3O3. The van der Waals surface area contributed by atoms with E-state index in [0.717, 1.165) is 23.2 Å². The second kappa shape index (κ2) is 8.58. The summed E-state index contributed by atoms with van der Waals surface area (Å²) in [6.45, 7) is 9.05. The molecule has 178 valence electrons. The number of rotatable bonds is 6. The number of carbonyl (C=O) groups is 2. The Kier molecular flexibility index (Phi) is 5.72. The van der Waals surface area contributed by atoms with Gasteiger partial charge < -0.3 is 14.6 Å². The number of carbonyl (C=O) groups excluding carboxylic acids is 2. The van der Waals surface area contributed by atoms with Gasteiger partial charge in [-0.3, -0.25) is 9.69 Å². The number of aromatic nitrogens is 1. The SMILES string of the molecule is CCC(C)[C@@H](C(=O)OCc1ccccc1)N1C(=O)[C@@H]2Cc3c([nH]c4ccccc34)CN2C1(C)C. The lowest BCUT2D eigenvalue weighted by Gasteiger charge is -2.43. The molecule has 2 aliphatic rings. The fourth-order valence-corrected chi connectivity index (χ4v) is 5.68. The van der Waals surface area contributed by atoms with Gasteiger partial charge in [0, 0.05) is 23.1 Å². The van der Waals surface area contributed by atoms with Gasteiger partial charge >= 0.3 is 5.97 Å². The summed E-state index contributed by atoms with van der Waals surface area (Å²) in [4.78, 5) is 35.0. The first-order chi connectivity index (χ1) is 16.3. The van der Waals surface area contributed by atoms with Crippen LogP contribution in [0.5, 0.6) is 0 Å². The zero-order valence-electron chi connectivity index (χ0n) is 20.4. The molecule has 34 heavy (non-hydrogen) atoms. The van der Waals surface area contributed by atoms with E-state index < -0.39 is 11.7 Å². The van der Waals surface area contributed by atoms with E-state index in [9.17, 15) is 9.59 Å². The Morgan fingerprint density at radius 2 is 1.85 bits per heavy atom. The van der Waals surface area contributed by atoms with Crippen molar-refractivity contribution in [2.45, 2.75) is 71.4 Å². The first-order valence-corrected chi connectivity index (χ1v) is 12.2. The quantitative estimate of drug-likeness (QED) is 0.546. The second-order valence-corrected chi connectivity index (χ2v) is 10.1. The summed E-state index contributed by atoms with van der Waals surface area (Å²) in [6, 6.07) is 17.0. The Hall–Kier alpha value is -3.12. The highest BCUT2D eigenvalue weighted by atomic mass is 16.5. The van der Waals surface area contributed by atoms with Crippen molar-refractivity contribution in [2.24, 2.45) is 5.92 Å². The summed E-state index contributed by atoms with van der Waals surface area (Å²) in [7, 11) is 0. The van der Waals surface area contributed by atoms with Crippen LogP contribution in [0.4, 0.5) is 0 Å². The third-order valence-corrected chi connectivity index (χ3v) is 7.75. The number of ether oxygens (including phenoxy) is 1. The van der Waals surface area contributed by atoms with Gasteiger partial charge in [-0.15, -0.1) is 0 Å². The number of amides is 1. The van der Waals surface area contributed by atoms with Crippen LogP contribution in [0.15, 0.2) is 54.6 Å². The van der Waals surface area contributed by atoms with Crippen LogP contribution in [-0.2, 0) is 33.9 Å². The highest BCUT2D eigenvalue weighted by molar-refractivity contribution is 5.92. The molecule has 1 amide bonds. The smallest absolute Gasteiger partial charge is 0.329 e. The first kappa shape index (κ1) is 22.7. The van der Waals surface area contributed by atoms with Crippen LogP contribution in [0, 0.1) is 5.92 Å². The summed E-state index contributed by atoms with van der Waals surface area (Å²) in [5.41, 5.74) is 3.81. The lowest BCUT2D eigenvalue weighted by atomic mass is 9.95. The molecule has 1 saturated heterocycles. The molecule has 1 N–H and O–H groups in total. The zero-order chi connectivity index (χ0) is 24.0. The van der Waals surface area contributed by atoms with Crippen LogP contribution < -0.4 is 0 Å². The van der Waals surface area contributed by atoms with E-state index in [1.54, 1.807) is 0 Å². The minimum absolute atomic E-state index is 0.0166. The van der Waals surface area contributed by atoms with Crippen LogP contribution >= 0.6 is 0 Å². The van der Waals surface area contributed by atoms with Gasteiger partial charge in [0.25, 0.3) is 0 Å². The molecule has 3 heterocycles. The van der Waals surface area contributed by atoms with Crippen molar-refractivity contribution in [1.82, 2.24) is 14.8 Å². The third-order valence-electron chi connectivity index (χ3n) is 7.75. The number of nitrogens with one attached hydrogen (secondary N) is 1. The predicted molar refractivity (Wildman–Crippen MR) is 132 cm³/mol. The Balaban J connectivity index is 1.44. The number of para-hydroxylation sites is 1. The largest absolute Gasteiger partial charge is 0.459 e. The minimum Gasteiger partial charge on any atom is -0.459 e. The van der Waals surface area contributed by atoms with Gasteiger partial charge in [-0.25, -0.2) is 4.79 Å². The highest BCUT2D eigenvalue weighted by Crippen LogP contribution is 2.42. The van der Waals surface area contributed by atoms with E-state index in [-0.39, 0.29) is 30.4 Å². The molecule has 0 aliphatic carbocycles. The monoisotopic (exact) mass is 459 g/mol. The van der Waals surface area contributed by atoms with E-state index >= 15 is 0 Å². The number of nitrogens with zero attached hydrogens (tertiary/aromatic N) is 2. The van der Waals surface area contributed by atoms with Crippen molar-refractivity contribution in [3.05, 3.63) is 71.4 Å². The Bertz CT molecular complexity index is 1220. The first-order valence-electron chi connectivity index (χ1n) is 12.2. The van der Waals surface area contributed by atoms with Gasteiger partial charge in [0.1, 0.15) is 12.6 Å². The highest BCUT2D eigenvalue weighted by Gasteiger charge is 2.57. The average molecular weight is 460 g/mol. The lowest BCUT2D eigenvalue weighted by Crippen LogP contribution is -2.58. The molecule has 0 radical (unpaired) electrons. The van der Waals surface area contributed by atoms with Crippen LogP contribution in [0.3, 0.4) is 0 Å². The maximum Gasteiger partial charge on any atom is 0.329 e. The van der Waals surface area contributed by atoms with E-state index in [0.29, 0.717) is 13.0 Å². The molecule has 6 heteroatoms. The van der Waals surface area contributed by atoms with Crippen LogP contribution in [0.1, 0.15) is 50.9 Å². The number of benzene rings is 2. The Labute approximate surface area is 200 Å². The topological polar surface area (TPSA) is 65.6 Å². The average Bonchev–Trinajstić information content (AvgIpc) is 3.30. The van der Waals surface area contributed by atoms with Gasteiger partial charge in [-0.1, -0.05) is 68.8 Å². The third kappa shape index (κ3) is 3.61. The van der Waals surface area contributed by atoms with Crippen LogP contribution in [0.2, 0.25) is 0 Å². The summed E-state index contributed by atoms with van der Waals surface area (Å²) >= 11 is 0. The number of hydrogen-bond acceptors (Lipinski definition) is 4. The van der Waals surface area contributed by atoms with Gasteiger partial charge in [0.05, 0.1) is 11.7 Å². The van der Waals surface area contributed by atoms with E-state index in [4.69, 9.17) is 4.74 Å². The van der Waals surface area contributed by atoms with Gasteiger partial charge in [0.2, 0.25) is 5.91 Å². The molecule has 1 aromatic heterocycles. The number of hydrogen-bond donors (Lipinski definition) is 1. The van der Waals surface area contributed by atoms with Gasteiger partial charge in [-0.05, 0) is 43.4 Å². The summed E-state index contributed by atoms with van der Waals surface area (Å²) in [6.07, 6.45) is 1.42. The predicted octanol–water partition coefficient (Wildman–Crippen LogP) is 4.63. The molecule has 1 unspecified atom stereocenters. The van der Waals surface area contributed by atoms with Crippen molar-refractivity contribution >= 4 is 22.8 Å². The molecule has 5 rings (SSSR count). The summed E-state index contributed by atoms with van der Waals surface area (Å²) < 4.78 is 5.77.